The molecule has 0 unspecified atom stereocenters. The number of aliphatic hydroxyl groups excluding tert-OH is 2. The highest BCUT2D eigenvalue weighted by atomic mass is 16.7. The van der Waals surface area contributed by atoms with Gasteiger partial charge >= 0.3 is 5.97 Å². The molecular formula is C33H51NO9. The summed E-state index contributed by atoms with van der Waals surface area (Å²) in [7, 11) is 1.59. The number of aliphatic imine (C=N–C) groups is 1. The van der Waals surface area contributed by atoms with Crippen molar-refractivity contribution < 1.29 is 44.2 Å². The van der Waals surface area contributed by atoms with Gasteiger partial charge in [0.15, 0.2) is 6.29 Å². The maximum Gasteiger partial charge on any atom is 0.331 e. The van der Waals surface area contributed by atoms with Gasteiger partial charge in [0.2, 0.25) is 0 Å². The van der Waals surface area contributed by atoms with Crippen LogP contribution in [0.4, 0.5) is 0 Å². The molecule has 2 heterocycles. The SMILES string of the molecule is CO[C@@H]1C[C@H](O[C@@H]2CC[C@]3(C=NCCCO)[C@H]4CC[C@]5(C)[C@H](C6=CC(=O)OC6)CC[C@]5(O)[C@@H]4CC[C@]3(O)C2)O[C@H](C)[C@H]1O. The summed E-state index contributed by atoms with van der Waals surface area (Å²) < 4.78 is 23.2. The molecule has 6 rings (SSSR count). The van der Waals surface area contributed by atoms with Gasteiger partial charge in [-0.05, 0) is 88.0 Å². The Morgan fingerprint density at radius 2 is 1.91 bits per heavy atom. The van der Waals surface area contributed by atoms with Crippen LogP contribution in [0.25, 0.3) is 0 Å². The molecule has 242 valence electrons. The fourth-order valence-electron chi connectivity index (χ4n) is 10.4. The second-order valence-corrected chi connectivity index (χ2v) is 14.5. The summed E-state index contributed by atoms with van der Waals surface area (Å²) in [5, 5.41) is 45.0. The van der Waals surface area contributed by atoms with Gasteiger partial charge in [0.05, 0.1) is 29.5 Å². The zero-order chi connectivity index (χ0) is 30.6. The van der Waals surface area contributed by atoms with E-state index >= 15 is 0 Å². The van der Waals surface area contributed by atoms with Gasteiger partial charge in [-0.2, -0.15) is 0 Å². The Labute approximate surface area is 254 Å². The number of cyclic esters (lactones) is 1. The van der Waals surface area contributed by atoms with Gasteiger partial charge in [-0.1, -0.05) is 6.92 Å². The van der Waals surface area contributed by atoms with Crippen molar-refractivity contribution in [3.8, 4) is 0 Å². The number of methoxy groups -OCH3 is 1. The maximum atomic E-state index is 12.6. The summed E-state index contributed by atoms with van der Waals surface area (Å²) in [6.07, 6.45) is 8.64. The minimum absolute atomic E-state index is 0.00313. The molecule has 10 nitrogen and oxygen atoms in total. The molecule has 1 saturated heterocycles. The molecule has 4 aliphatic carbocycles. The summed E-state index contributed by atoms with van der Waals surface area (Å²) in [6.45, 7) is 4.90. The molecule has 0 bridgehead atoms. The minimum atomic E-state index is -1.06. The molecule has 0 amide bonds. The topological polar surface area (TPSA) is 147 Å². The van der Waals surface area contributed by atoms with E-state index in [4.69, 9.17) is 23.9 Å². The van der Waals surface area contributed by atoms with E-state index in [2.05, 4.69) is 6.92 Å². The number of rotatable bonds is 8. The number of hydrogen-bond donors (Lipinski definition) is 4. The molecule has 5 fully saturated rings. The molecule has 10 heteroatoms. The molecule has 0 radical (unpaired) electrons. The van der Waals surface area contributed by atoms with Crippen molar-refractivity contribution in [3.05, 3.63) is 11.6 Å². The fourth-order valence-corrected chi connectivity index (χ4v) is 10.4. The lowest BCUT2D eigenvalue weighted by atomic mass is 9.41. The average molecular weight is 606 g/mol. The van der Waals surface area contributed by atoms with Crippen molar-refractivity contribution >= 4 is 12.2 Å². The van der Waals surface area contributed by atoms with Crippen LogP contribution in [0.5, 0.6) is 0 Å². The summed E-state index contributed by atoms with van der Waals surface area (Å²) >= 11 is 0. The van der Waals surface area contributed by atoms with Crippen LogP contribution in [-0.4, -0.2) is 101 Å². The Kier molecular flexibility index (Phi) is 8.63. The molecule has 0 spiro atoms. The summed E-state index contributed by atoms with van der Waals surface area (Å²) in [6, 6.07) is 0. The Morgan fingerprint density at radius 1 is 1.12 bits per heavy atom. The zero-order valence-corrected chi connectivity index (χ0v) is 26.0. The van der Waals surface area contributed by atoms with E-state index in [0.29, 0.717) is 58.1 Å². The normalized spacial score (nSPS) is 49.7. The van der Waals surface area contributed by atoms with Gasteiger partial charge in [-0.3, -0.25) is 4.99 Å². The molecule has 0 aromatic rings. The van der Waals surface area contributed by atoms with Crippen LogP contribution in [0.15, 0.2) is 16.6 Å². The smallest absolute Gasteiger partial charge is 0.331 e. The Balaban J connectivity index is 1.26. The molecule has 4 N–H and O–H groups in total. The van der Waals surface area contributed by atoms with Gasteiger partial charge in [0.1, 0.15) is 12.7 Å². The van der Waals surface area contributed by atoms with Gasteiger partial charge in [-0.15, -0.1) is 0 Å². The third kappa shape index (κ3) is 5.04. The van der Waals surface area contributed by atoms with Crippen molar-refractivity contribution in [2.75, 3.05) is 26.9 Å². The van der Waals surface area contributed by atoms with Crippen LogP contribution in [0.2, 0.25) is 0 Å². The number of aliphatic hydroxyl groups is 4. The average Bonchev–Trinajstić information content (AvgIpc) is 3.52. The van der Waals surface area contributed by atoms with E-state index in [1.54, 1.807) is 13.2 Å². The van der Waals surface area contributed by atoms with E-state index in [9.17, 15) is 25.2 Å². The van der Waals surface area contributed by atoms with Crippen LogP contribution in [-0.2, 0) is 23.7 Å². The second kappa shape index (κ2) is 11.8. The van der Waals surface area contributed by atoms with E-state index in [-0.39, 0.29) is 48.0 Å². The first-order chi connectivity index (χ1) is 20.5. The van der Waals surface area contributed by atoms with E-state index in [1.807, 2.05) is 13.1 Å². The first-order valence-electron chi connectivity index (χ1n) is 16.5. The molecule has 43 heavy (non-hydrogen) atoms. The molecular weight excluding hydrogens is 554 g/mol. The summed E-state index contributed by atoms with van der Waals surface area (Å²) in [5.41, 5.74) is -1.93. The predicted molar refractivity (Wildman–Crippen MR) is 157 cm³/mol. The van der Waals surface area contributed by atoms with E-state index in [1.165, 1.54) is 0 Å². The van der Waals surface area contributed by atoms with Crippen molar-refractivity contribution in [1.29, 1.82) is 0 Å². The number of carbonyl (C=O) groups is 1. The standard InChI is InChI=1S/C33H51NO9/c1-20-29(37)26(40-3)16-28(42-20)43-22-5-10-31(19-34-13-4-14-35)24-6-9-30(2)23(21-15-27(36)41-18-21)8-12-33(30,39)25(24)7-11-32(31,38)17-22/h15,19-20,22-26,28-29,35,37-39H,4-14,16-18H2,1-3H3/t20-,22-,23+,24+,25-,26-,28+,29-,30-,31+,32+,33+/m1/s1. The minimum Gasteiger partial charge on any atom is -0.458 e. The molecule has 0 aromatic carbocycles. The number of esters is 1. The van der Waals surface area contributed by atoms with Gasteiger partial charge < -0.3 is 39.4 Å². The predicted octanol–water partition coefficient (Wildman–Crippen LogP) is 2.69. The maximum absolute atomic E-state index is 12.6. The van der Waals surface area contributed by atoms with Gasteiger partial charge in [0, 0.05) is 56.2 Å². The van der Waals surface area contributed by atoms with Crippen molar-refractivity contribution in [3.63, 3.8) is 0 Å². The molecule has 4 saturated carbocycles. The fraction of sp³-hybridized carbons (Fsp3) is 0.879. The Bertz CT molecular complexity index is 1110. The highest BCUT2D eigenvalue weighted by Gasteiger charge is 2.71. The summed E-state index contributed by atoms with van der Waals surface area (Å²) in [4.78, 5) is 16.7. The first kappa shape index (κ1) is 31.6. The number of hydrogen-bond acceptors (Lipinski definition) is 10. The van der Waals surface area contributed by atoms with Crippen LogP contribution >= 0.6 is 0 Å². The quantitative estimate of drug-likeness (QED) is 0.142. The van der Waals surface area contributed by atoms with Gasteiger partial charge in [-0.25, -0.2) is 4.79 Å². The third-order valence-electron chi connectivity index (χ3n) is 12.7. The molecule has 0 aromatic heterocycles. The van der Waals surface area contributed by atoms with Gasteiger partial charge in [0.25, 0.3) is 0 Å². The number of fused-ring (bicyclic) bond motifs is 5. The Morgan fingerprint density at radius 3 is 2.63 bits per heavy atom. The number of nitrogens with zero attached hydrogens (tertiary/aromatic N) is 1. The van der Waals surface area contributed by atoms with Crippen molar-refractivity contribution in [2.45, 2.75) is 126 Å². The van der Waals surface area contributed by atoms with Crippen LogP contribution in [0.1, 0.15) is 84.5 Å². The zero-order valence-electron chi connectivity index (χ0n) is 26.0. The lowest BCUT2D eigenvalue weighted by Gasteiger charge is -2.66. The van der Waals surface area contributed by atoms with E-state index in [0.717, 1.165) is 31.3 Å². The number of carbonyl (C=O) groups excluding carboxylic acids is 1. The highest BCUT2D eigenvalue weighted by molar-refractivity contribution is 5.85. The monoisotopic (exact) mass is 605 g/mol. The lowest BCUT2D eigenvalue weighted by molar-refractivity contribution is -0.284. The van der Waals surface area contributed by atoms with E-state index < -0.39 is 35.1 Å². The van der Waals surface area contributed by atoms with Crippen molar-refractivity contribution in [1.82, 2.24) is 0 Å². The number of ether oxygens (including phenoxy) is 4. The molecule has 12 atom stereocenters. The van der Waals surface area contributed by atoms with Crippen molar-refractivity contribution in [2.24, 2.45) is 33.6 Å². The first-order valence-corrected chi connectivity index (χ1v) is 16.5. The highest BCUT2D eigenvalue weighted by Crippen LogP contribution is 2.70. The lowest BCUT2D eigenvalue weighted by Crippen LogP contribution is -2.69. The molecule has 2 aliphatic heterocycles. The Hall–Kier alpha value is -1.40. The van der Waals surface area contributed by atoms with Crippen LogP contribution < -0.4 is 0 Å². The second-order valence-electron chi connectivity index (χ2n) is 14.5. The van der Waals surface area contributed by atoms with Crippen LogP contribution in [0.3, 0.4) is 0 Å². The summed E-state index contributed by atoms with van der Waals surface area (Å²) in [5.74, 6) is -0.125. The molecule has 6 aliphatic rings. The third-order valence-corrected chi connectivity index (χ3v) is 12.7. The largest absolute Gasteiger partial charge is 0.458 e. The van der Waals surface area contributed by atoms with Crippen LogP contribution in [0, 0.1) is 28.6 Å².